The fraction of sp³-hybridized carbons (Fsp3) is 0.421. The summed E-state index contributed by atoms with van der Waals surface area (Å²) >= 11 is 0. The van der Waals surface area contributed by atoms with Crippen LogP contribution in [0, 0.1) is 0 Å². The van der Waals surface area contributed by atoms with E-state index in [9.17, 15) is 4.79 Å². The Morgan fingerprint density at radius 1 is 1.24 bits per heavy atom. The van der Waals surface area contributed by atoms with Crippen molar-refractivity contribution >= 4 is 33.9 Å². The van der Waals surface area contributed by atoms with E-state index in [1.165, 1.54) is 0 Å². The van der Waals surface area contributed by atoms with Crippen LogP contribution in [0.5, 0.6) is 0 Å². The van der Waals surface area contributed by atoms with Crippen molar-refractivity contribution in [2.24, 2.45) is 0 Å². The van der Waals surface area contributed by atoms with E-state index in [0.29, 0.717) is 22.5 Å². The van der Waals surface area contributed by atoms with E-state index < -0.39 is 0 Å². The predicted molar refractivity (Wildman–Crippen MR) is 102 cm³/mol. The van der Waals surface area contributed by atoms with Crippen LogP contribution in [0.25, 0.3) is 22.2 Å². The highest BCUT2D eigenvalue weighted by Gasteiger charge is 2.24. The zero-order valence-electron chi connectivity index (χ0n) is 15.0. The molecule has 6 heteroatoms. The predicted octanol–water partition coefficient (Wildman–Crippen LogP) is 3.50. The number of hydrogen-bond acceptors (Lipinski definition) is 4. The molecule has 2 heterocycles. The number of rotatable bonds is 6. The topological polar surface area (TPSA) is 85.8 Å². The smallest absolute Gasteiger partial charge is 0.257 e. The Balaban J connectivity index is 2.21. The number of fused-ring (bicyclic) bond motifs is 2. The van der Waals surface area contributed by atoms with E-state index in [1.54, 1.807) is 0 Å². The van der Waals surface area contributed by atoms with Crippen LogP contribution in [-0.4, -0.2) is 26.5 Å². The minimum Gasteiger partial charge on any atom is -0.384 e. The molecule has 1 atom stereocenters. The number of carbonyl (C=O) groups is 1. The van der Waals surface area contributed by atoms with Gasteiger partial charge in [0.25, 0.3) is 5.91 Å². The van der Waals surface area contributed by atoms with E-state index >= 15 is 0 Å². The van der Waals surface area contributed by atoms with Gasteiger partial charge in [0.1, 0.15) is 16.9 Å². The Morgan fingerprint density at radius 2 is 1.92 bits per heavy atom. The highest BCUT2D eigenvalue weighted by Crippen LogP contribution is 2.28. The zero-order valence-corrected chi connectivity index (χ0v) is 15.0. The minimum absolute atomic E-state index is 0.0781. The number of nitrogens with one attached hydrogen (secondary N) is 1. The molecule has 3 N–H and O–H groups in total. The summed E-state index contributed by atoms with van der Waals surface area (Å²) in [6, 6.07) is 7.75. The lowest BCUT2D eigenvalue weighted by Crippen LogP contribution is -2.32. The summed E-state index contributed by atoms with van der Waals surface area (Å²) in [5.74, 6) is 0.260. The van der Waals surface area contributed by atoms with Crippen LogP contribution in [0.3, 0.4) is 0 Å². The molecule has 0 fully saturated rings. The summed E-state index contributed by atoms with van der Waals surface area (Å²) in [4.78, 5) is 22.2. The SMILES string of the molecule is CCCCn1c(N)c(C(=O)N[C@H](C)CC)c2nc3ccccc3nc21. The molecule has 3 aromatic rings. The van der Waals surface area contributed by atoms with Gasteiger partial charge in [-0.15, -0.1) is 0 Å². The first-order valence-corrected chi connectivity index (χ1v) is 8.92. The van der Waals surface area contributed by atoms with Crippen LogP contribution in [0.15, 0.2) is 24.3 Å². The zero-order chi connectivity index (χ0) is 18.0. The number of para-hydroxylation sites is 2. The number of unbranched alkanes of at least 4 members (excludes halogenated alkanes) is 1. The van der Waals surface area contributed by atoms with Gasteiger partial charge in [0.05, 0.1) is 11.0 Å². The number of aryl methyl sites for hydroxylation is 1. The van der Waals surface area contributed by atoms with E-state index in [2.05, 4.69) is 12.2 Å². The second-order valence-electron chi connectivity index (χ2n) is 6.43. The molecule has 0 aliphatic rings. The molecule has 2 aromatic heterocycles. The summed E-state index contributed by atoms with van der Waals surface area (Å²) in [5.41, 5.74) is 9.62. The summed E-state index contributed by atoms with van der Waals surface area (Å²) in [7, 11) is 0. The van der Waals surface area contributed by atoms with Crippen molar-refractivity contribution in [2.75, 3.05) is 5.73 Å². The summed E-state index contributed by atoms with van der Waals surface area (Å²) in [5, 5.41) is 3.00. The summed E-state index contributed by atoms with van der Waals surface area (Å²) in [6.07, 6.45) is 2.86. The molecule has 0 aliphatic heterocycles. The first-order valence-electron chi connectivity index (χ1n) is 8.92. The maximum Gasteiger partial charge on any atom is 0.257 e. The van der Waals surface area contributed by atoms with Gasteiger partial charge in [0, 0.05) is 12.6 Å². The number of nitrogens with two attached hydrogens (primary N) is 1. The molecule has 0 spiro atoms. The Morgan fingerprint density at radius 3 is 2.56 bits per heavy atom. The third kappa shape index (κ3) is 3.16. The standard InChI is InChI=1S/C19H25N5O/c1-4-6-11-24-17(20)15(19(25)21-12(3)5-2)16-18(24)23-14-10-8-7-9-13(14)22-16/h7-10,12H,4-6,11,20H2,1-3H3,(H,21,25)/t12-/m1/s1. The lowest BCUT2D eigenvalue weighted by Gasteiger charge is -2.11. The molecule has 1 amide bonds. The largest absolute Gasteiger partial charge is 0.384 e. The van der Waals surface area contributed by atoms with Gasteiger partial charge < -0.3 is 15.6 Å². The molecule has 0 saturated heterocycles. The molecule has 0 radical (unpaired) electrons. The van der Waals surface area contributed by atoms with Crippen molar-refractivity contribution in [3.63, 3.8) is 0 Å². The Hall–Kier alpha value is -2.63. The highest BCUT2D eigenvalue weighted by atomic mass is 16.1. The number of carbonyl (C=O) groups excluding carboxylic acids is 1. The quantitative estimate of drug-likeness (QED) is 0.720. The average molecular weight is 339 g/mol. The van der Waals surface area contributed by atoms with Crippen LogP contribution in [0.1, 0.15) is 50.4 Å². The molecule has 132 valence electrons. The molecule has 0 aliphatic carbocycles. The fourth-order valence-corrected chi connectivity index (χ4v) is 2.88. The van der Waals surface area contributed by atoms with Gasteiger partial charge in [-0.2, -0.15) is 0 Å². The maximum atomic E-state index is 12.8. The van der Waals surface area contributed by atoms with Crippen LogP contribution in [0.2, 0.25) is 0 Å². The van der Waals surface area contributed by atoms with E-state index in [4.69, 9.17) is 15.7 Å². The number of nitrogen functional groups attached to an aromatic ring is 1. The Bertz CT molecular complexity index is 915. The van der Waals surface area contributed by atoms with Crippen LogP contribution < -0.4 is 11.1 Å². The maximum absolute atomic E-state index is 12.8. The van der Waals surface area contributed by atoms with Crippen molar-refractivity contribution in [1.82, 2.24) is 19.9 Å². The highest BCUT2D eigenvalue weighted by molar-refractivity contribution is 6.10. The molecule has 0 unspecified atom stereocenters. The lowest BCUT2D eigenvalue weighted by atomic mass is 10.2. The number of aromatic nitrogens is 3. The third-order valence-corrected chi connectivity index (χ3v) is 4.54. The molecule has 0 saturated carbocycles. The molecule has 25 heavy (non-hydrogen) atoms. The second kappa shape index (κ2) is 7.09. The monoisotopic (exact) mass is 339 g/mol. The number of anilines is 1. The van der Waals surface area contributed by atoms with Crippen molar-refractivity contribution in [1.29, 1.82) is 0 Å². The van der Waals surface area contributed by atoms with Crippen molar-refractivity contribution in [3.05, 3.63) is 29.8 Å². The van der Waals surface area contributed by atoms with Crippen LogP contribution in [0.4, 0.5) is 5.82 Å². The molecule has 0 bridgehead atoms. The van der Waals surface area contributed by atoms with Gasteiger partial charge in [-0.05, 0) is 31.9 Å². The van der Waals surface area contributed by atoms with Crippen molar-refractivity contribution in [2.45, 2.75) is 52.6 Å². The summed E-state index contributed by atoms with van der Waals surface area (Å²) in [6.45, 7) is 6.86. The van der Waals surface area contributed by atoms with Gasteiger partial charge in [-0.1, -0.05) is 32.4 Å². The number of amides is 1. The Kier molecular flexibility index (Phi) is 4.88. The minimum atomic E-state index is -0.184. The van der Waals surface area contributed by atoms with Crippen LogP contribution in [-0.2, 0) is 6.54 Å². The van der Waals surface area contributed by atoms with E-state index in [-0.39, 0.29) is 11.9 Å². The average Bonchev–Trinajstić information content (AvgIpc) is 2.88. The molecular weight excluding hydrogens is 314 g/mol. The van der Waals surface area contributed by atoms with Gasteiger partial charge in [0.15, 0.2) is 5.65 Å². The lowest BCUT2D eigenvalue weighted by molar-refractivity contribution is 0.0941. The van der Waals surface area contributed by atoms with Crippen molar-refractivity contribution in [3.8, 4) is 0 Å². The number of benzene rings is 1. The van der Waals surface area contributed by atoms with Crippen molar-refractivity contribution < 1.29 is 4.79 Å². The fourth-order valence-electron chi connectivity index (χ4n) is 2.88. The second-order valence-corrected chi connectivity index (χ2v) is 6.43. The Labute approximate surface area is 147 Å². The molecular formula is C19H25N5O. The van der Waals surface area contributed by atoms with Crippen LogP contribution >= 0.6 is 0 Å². The van der Waals surface area contributed by atoms with Gasteiger partial charge in [0.2, 0.25) is 0 Å². The summed E-state index contributed by atoms with van der Waals surface area (Å²) < 4.78 is 1.92. The molecule has 3 rings (SSSR count). The van der Waals surface area contributed by atoms with Gasteiger partial charge in [-0.25, -0.2) is 9.97 Å². The normalized spacial score (nSPS) is 12.6. The van der Waals surface area contributed by atoms with E-state index in [0.717, 1.165) is 36.8 Å². The first kappa shape index (κ1) is 17.2. The third-order valence-electron chi connectivity index (χ3n) is 4.54. The molecule has 1 aromatic carbocycles. The molecule has 6 nitrogen and oxygen atoms in total. The number of hydrogen-bond donors (Lipinski definition) is 2. The number of nitrogens with zero attached hydrogens (tertiary/aromatic N) is 3. The van der Waals surface area contributed by atoms with Gasteiger partial charge in [-0.3, -0.25) is 4.79 Å². The first-order chi connectivity index (χ1) is 12.1. The van der Waals surface area contributed by atoms with Gasteiger partial charge >= 0.3 is 0 Å². The van der Waals surface area contributed by atoms with E-state index in [1.807, 2.05) is 42.7 Å².